The number of carbonyl (C=O) groups is 1. The summed E-state index contributed by atoms with van der Waals surface area (Å²) in [6.45, 7) is 2.09. The van der Waals surface area contributed by atoms with E-state index in [9.17, 15) is 4.79 Å². The SMILES string of the molecule is CCc1cccc(C(=O)c2cc(Br)ccc2I)c1. The summed E-state index contributed by atoms with van der Waals surface area (Å²) < 4.78 is 1.90. The molecule has 2 rings (SSSR count). The predicted octanol–water partition coefficient (Wildman–Crippen LogP) is 4.85. The van der Waals surface area contributed by atoms with Gasteiger partial charge >= 0.3 is 0 Å². The summed E-state index contributed by atoms with van der Waals surface area (Å²) >= 11 is 5.61. The highest BCUT2D eigenvalue weighted by molar-refractivity contribution is 14.1. The molecule has 3 heteroatoms. The number of hydrogen-bond acceptors (Lipinski definition) is 1. The van der Waals surface area contributed by atoms with Gasteiger partial charge in [-0.3, -0.25) is 4.79 Å². The molecule has 0 aliphatic carbocycles. The van der Waals surface area contributed by atoms with Crippen molar-refractivity contribution >= 4 is 44.3 Å². The highest BCUT2D eigenvalue weighted by Crippen LogP contribution is 2.21. The molecule has 0 atom stereocenters. The molecule has 0 saturated carbocycles. The van der Waals surface area contributed by atoms with Crippen LogP contribution in [0.15, 0.2) is 46.9 Å². The van der Waals surface area contributed by atoms with Crippen LogP contribution in [0, 0.1) is 3.57 Å². The van der Waals surface area contributed by atoms with Crippen LogP contribution in [-0.2, 0) is 6.42 Å². The summed E-state index contributed by atoms with van der Waals surface area (Å²) in [5.41, 5.74) is 2.69. The maximum Gasteiger partial charge on any atom is 0.194 e. The first-order valence-corrected chi connectivity index (χ1v) is 7.57. The highest BCUT2D eigenvalue weighted by atomic mass is 127. The molecule has 0 bridgehead atoms. The zero-order chi connectivity index (χ0) is 13.1. The molecule has 0 amide bonds. The van der Waals surface area contributed by atoms with Crippen LogP contribution in [-0.4, -0.2) is 5.78 Å². The standard InChI is InChI=1S/C15H12BrIO/c1-2-10-4-3-5-11(8-10)15(18)13-9-12(16)6-7-14(13)17/h3-9H,2H2,1H3. The van der Waals surface area contributed by atoms with E-state index in [-0.39, 0.29) is 5.78 Å². The lowest BCUT2D eigenvalue weighted by molar-refractivity contribution is 0.103. The fourth-order valence-corrected chi connectivity index (χ4v) is 2.70. The topological polar surface area (TPSA) is 17.1 Å². The molecular weight excluding hydrogens is 403 g/mol. The zero-order valence-corrected chi connectivity index (χ0v) is 13.7. The van der Waals surface area contributed by atoms with E-state index in [2.05, 4.69) is 45.4 Å². The third kappa shape index (κ3) is 3.01. The molecule has 0 saturated heterocycles. The van der Waals surface area contributed by atoms with Crippen molar-refractivity contribution in [2.75, 3.05) is 0 Å². The van der Waals surface area contributed by atoms with E-state index in [1.165, 1.54) is 5.56 Å². The molecule has 0 spiro atoms. The first-order chi connectivity index (χ1) is 8.61. The number of hydrogen-bond donors (Lipinski definition) is 0. The van der Waals surface area contributed by atoms with Gasteiger partial charge in [0.1, 0.15) is 0 Å². The summed E-state index contributed by atoms with van der Waals surface area (Å²) in [4.78, 5) is 12.5. The molecule has 0 radical (unpaired) electrons. The van der Waals surface area contributed by atoms with Gasteiger partial charge in [-0.15, -0.1) is 0 Å². The Morgan fingerprint density at radius 3 is 2.72 bits per heavy atom. The Bertz CT molecular complexity index is 593. The number of halogens is 2. The van der Waals surface area contributed by atoms with Gasteiger partial charge in [0.05, 0.1) is 0 Å². The van der Waals surface area contributed by atoms with Crippen LogP contribution in [0.2, 0.25) is 0 Å². The molecule has 92 valence electrons. The highest BCUT2D eigenvalue weighted by Gasteiger charge is 2.13. The second-order valence-corrected chi connectivity index (χ2v) is 6.09. The van der Waals surface area contributed by atoms with Crippen LogP contribution in [0.5, 0.6) is 0 Å². The fourth-order valence-electron chi connectivity index (χ4n) is 1.76. The van der Waals surface area contributed by atoms with E-state index in [1.54, 1.807) is 0 Å². The van der Waals surface area contributed by atoms with Gasteiger partial charge in [0.15, 0.2) is 5.78 Å². The normalized spacial score (nSPS) is 10.4. The van der Waals surface area contributed by atoms with Gasteiger partial charge in [-0.05, 0) is 58.8 Å². The molecule has 1 nitrogen and oxygen atoms in total. The molecule has 0 heterocycles. The summed E-state index contributed by atoms with van der Waals surface area (Å²) in [6, 6.07) is 13.6. The zero-order valence-electron chi connectivity index (χ0n) is 9.91. The van der Waals surface area contributed by atoms with E-state index in [4.69, 9.17) is 0 Å². The van der Waals surface area contributed by atoms with Gasteiger partial charge < -0.3 is 0 Å². The first-order valence-electron chi connectivity index (χ1n) is 5.70. The third-order valence-electron chi connectivity index (χ3n) is 2.77. The molecular formula is C15H12BrIO. The van der Waals surface area contributed by atoms with E-state index < -0.39 is 0 Å². The molecule has 0 N–H and O–H groups in total. The number of ketones is 1. The Hall–Kier alpha value is -0.680. The van der Waals surface area contributed by atoms with Crippen LogP contribution in [0.25, 0.3) is 0 Å². The van der Waals surface area contributed by atoms with Gasteiger partial charge in [0.25, 0.3) is 0 Å². The first kappa shape index (κ1) is 13.7. The Morgan fingerprint density at radius 2 is 2.00 bits per heavy atom. The van der Waals surface area contributed by atoms with Gasteiger partial charge in [-0.2, -0.15) is 0 Å². The lowest BCUT2D eigenvalue weighted by Gasteiger charge is -2.06. The number of rotatable bonds is 3. The van der Waals surface area contributed by atoms with Crippen molar-refractivity contribution < 1.29 is 4.79 Å². The van der Waals surface area contributed by atoms with Crippen molar-refractivity contribution in [3.05, 3.63) is 67.2 Å². The van der Waals surface area contributed by atoms with E-state index in [0.717, 1.165) is 25.6 Å². The average molecular weight is 415 g/mol. The Balaban J connectivity index is 2.44. The summed E-state index contributed by atoms with van der Waals surface area (Å²) in [5.74, 6) is 0.0796. The number of carbonyl (C=O) groups excluding carboxylic acids is 1. The quantitative estimate of drug-likeness (QED) is 0.518. The molecule has 18 heavy (non-hydrogen) atoms. The Labute approximate surface area is 129 Å². The van der Waals surface area contributed by atoms with Crippen molar-refractivity contribution in [1.29, 1.82) is 0 Å². The van der Waals surface area contributed by atoms with Crippen molar-refractivity contribution in [2.24, 2.45) is 0 Å². The van der Waals surface area contributed by atoms with Crippen molar-refractivity contribution in [3.63, 3.8) is 0 Å². The van der Waals surface area contributed by atoms with Gasteiger partial charge in [-0.1, -0.05) is 41.1 Å². The van der Waals surface area contributed by atoms with E-state index >= 15 is 0 Å². The Morgan fingerprint density at radius 1 is 1.22 bits per heavy atom. The maximum atomic E-state index is 12.5. The molecule has 0 aromatic heterocycles. The largest absolute Gasteiger partial charge is 0.289 e. The lowest BCUT2D eigenvalue weighted by Crippen LogP contribution is -2.04. The minimum Gasteiger partial charge on any atom is -0.289 e. The molecule has 0 fully saturated rings. The third-order valence-corrected chi connectivity index (χ3v) is 4.20. The molecule has 0 aliphatic heterocycles. The maximum absolute atomic E-state index is 12.5. The second-order valence-electron chi connectivity index (χ2n) is 4.01. The molecule has 2 aromatic carbocycles. The summed E-state index contributed by atoms with van der Waals surface area (Å²) in [7, 11) is 0. The summed E-state index contributed by atoms with van der Waals surface area (Å²) in [6.07, 6.45) is 0.941. The van der Waals surface area contributed by atoms with Gasteiger partial charge in [0.2, 0.25) is 0 Å². The second kappa shape index (κ2) is 5.97. The lowest BCUT2D eigenvalue weighted by atomic mass is 10.0. The average Bonchev–Trinajstić information content (AvgIpc) is 2.41. The van der Waals surface area contributed by atoms with Crippen LogP contribution in [0.1, 0.15) is 28.4 Å². The van der Waals surface area contributed by atoms with Crippen LogP contribution in [0.3, 0.4) is 0 Å². The van der Waals surface area contributed by atoms with Crippen LogP contribution < -0.4 is 0 Å². The Kier molecular flexibility index (Phi) is 4.56. The minimum absolute atomic E-state index is 0.0796. The molecule has 0 aliphatic rings. The molecule has 0 unspecified atom stereocenters. The predicted molar refractivity (Wildman–Crippen MR) is 86.1 cm³/mol. The van der Waals surface area contributed by atoms with E-state index in [0.29, 0.717) is 0 Å². The smallest absolute Gasteiger partial charge is 0.194 e. The van der Waals surface area contributed by atoms with E-state index in [1.807, 2.05) is 42.5 Å². The van der Waals surface area contributed by atoms with Crippen molar-refractivity contribution in [3.8, 4) is 0 Å². The van der Waals surface area contributed by atoms with Crippen LogP contribution in [0.4, 0.5) is 0 Å². The number of benzene rings is 2. The minimum atomic E-state index is 0.0796. The van der Waals surface area contributed by atoms with Crippen molar-refractivity contribution in [2.45, 2.75) is 13.3 Å². The van der Waals surface area contributed by atoms with Crippen LogP contribution >= 0.6 is 38.5 Å². The number of aryl methyl sites for hydroxylation is 1. The molecule has 2 aromatic rings. The summed E-state index contributed by atoms with van der Waals surface area (Å²) in [5, 5.41) is 0. The monoisotopic (exact) mass is 414 g/mol. The van der Waals surface area contributed by atoms with Gasteiger partial charge in [-0.25, -0.2) is 0 Å². The van der Waals surface area contributed by atoms with Gasteiger partial charge in [0, 0.05) is 19.2 Å². The fraction of sp³-hybridized carbons (Fsp3) is 0.133. The van der Waals surface area contributed by atoms with Crippen molar-refractivity contribution in [1.82, 2.24) is 0 Å².